The molecular weight excluding hydrogens is 413 g/mol. The average molecular weight is 438 g/mol. The summed E-state index contributed by atoms with van der Waals surface area (Å²) in [6, 6.07) is 10.9. The number of halogens is 2. The summed E-state index contributed by atoms with van der Waals surface area (Å²) in [4.78, 5) is 15.0. The first-order valence-corrected chi connectivity index (χ1v) is 10.3. The maximum atomic E-state index is 12.7. The molecule has 1 heterocycles. The number of nitrogens with one attached hydrogen (secondary N) is 1. The van der Waals surface area contributed by atoms with E-state index in [-0.39, 0.29) is 12.0 Å². The normalized spacial score (nSPS) is 17.1. The van der Waals surface area contributed by atoms with Gasteiger partial charge in [0.25, 0.3) is 5.91 Å². The van der Waals surface area contributed by atoms with Crippen molar-refractivity contribution in [1.82, 2.24) is 10.2 Å². The third-order valence-corrected chi connectivity index (χ3v) is 5.40. The van der Waals surface area contributed by atoms with Crippen molar-refractivity contribution in [2.75, 3.05) is 38.6 Å². The highest BCUT2D eigenvalue weighted by atomic mass is 35.5. The van der Waals surface area contributed by atoms with Crippen molar-refractivity contribution in [1.29, 1.82) is 0 Å². The molecule has 1 saturated heterocycles. The second-order valence-corrected chi connectivity index (χ2v) is 7.65. The molecule has 0 aromatic heterocycles. The summed E-state index contributed by atoms with van der Waals surface area (Å²) >= 11 is 12.4. The maximum absolute atomic E-state index is 12.7. The van der Waals surface area contributed by atoms with Gasteiger partial charge in [-0.15, -0.1) is 0 Å². The Balaban J connectivity index is 1.59. The molecule has 29 heavy (non-hydrogen) atoms. The second kappa shape index (κ2) is 10.2. The molecule has 1 fully saturated rings. The highest BCUT2D eigenvalue weighted by molar-refractivity contribution is 6.33. The van der Waals surface area contributed by atoms with E-state index in [1.165, 1.54) is 6.07 Å². The highest BCUT2D eigenvalue weighted by Gasteiger charge is 2.23. The van der Waals surface area contributed by atoms with E-state index >= 15 is 0 Å². The first-order valence-electron chi connectivity index (χ1n) is 9.55. The quantitative estimate of drug-likeness (QED) is 0.646. The van der Waals surface area contributed by atoms with Crippen LogP contribution in [0.1, 0.15) is 22.8 Å². The van der Waals surface area contributed by atoms with Gasteiger partial charge in [0.05, 0.1) is 35.6 Å². The Hall–Kier alpha value is -1.99. The zero-order chi connectivity index (χ0) is 20.8. The van der Waals surface area contributed by atoms with Crippen molar-refractivity contribution >= 4 is 34.8 Å². The lowest BCUT2D eigenvalue weighted by Crippen LogP contribution is -2.47. The molecule has 0 unspecified atom stereocenters. The van der Waals surface area contributed by atoms with Crippen LogP contribution in [0, 0.1) is 0 Å². The Kier molecular flexibility index (Phi) is 7.61. The van der Waals surface area contributed by atoms with Crippen molar-refractivity contribution in [3.8, 4) is 5.75 Å². The van der Waals surface area contributed by atoms with Crippen molar-refractivity contribution in [2.24, 2.45) is 0 Å². The standard InChI is InChI=1S/C21H25Cl2N3O3/c1-2-28-20-10-19(24)18(23)9-16(20)21(27)25-11-15-13-26(7-8-29-15)12-14-5-3-4-6-17(14)22/h3-6,9-10,15H,2,7-8,11-13,24H2,1H3,(H,25,27)/t15-/m1/s1. The third kappa shape index (κ3) is 5.76. The Bertz CT molecular complexity index is 863. The molecule has 6 nitrogen and oxygen atoms in total. The van der Waals surface area contributed by atoms with Crippen molar-refractivity contribution in [3.05, 3.63) is 57.6 Å². The van der Waals surface area contributed by atoms with Gasteiger partial charge in [0.2, 0.25) is 0 Å². The number of amides is 1. The Morgan fingerprint density at radius 1 is 1.31 bits per heavy atom. The van der Waals surface area contributed by atoms with Gasteiger partial charge in [0.15, 0.2) is 0 Å². The van der Waals surface area contributed by atoms with Crippen LogP contribution in [-0.4, -0.2) is 49.8 Å². The molecule has 1 aliphatic heterocycles. The lowest BCUT2D eigenvalue weighted by atomic mass is 10.1. The molecule has 1 amide bonds. The molecule has 8 heteroatoms. The van der Waals surface area contributed by atoms with Crippen molar-refractivity contribution in [2.45, 2.75) is 19.6 Å². The van der Waals surface area contributed by atoms with E-state index < -0.39 is 0 Å². The van der Waals surface area contributed by atoms with Gasteiger partial charge in [-0.05, 0) is 24.6 Å². The SMILES string of the molecule is CCOc1cc(N)c(Cl)cc1C(=O)NC[C@@H]1CN(Cc2ccccc2Cl)CCO1. The minimum Gasteiger partial charge on any atom is -0.493 e. The van der Waals surface area contributed by atoms with Gasteiger partial charge in [-0.25, -0.2) is 0 Å². The summed E-state index contributed by atoms with van der Waals surface area (Å²) < 4.78 is 11.3. The van der Waals surface area contributed by atoms with Crippen LogP contribution >= 0.6 is 23.2 Å². The molecule has 3 rings (SSSR count). The Morgan fingerprint density at radius 2 is 2.10 bits per heavy atom. The number of morpholine rings is 1. The summed E-state index contributed by atoms with van der Waals surface area (Å²) in [5, 5.41) is 3.99. The van der Waals surface area contributed by atoms with Crippen LogP contribution in [0.15, 0.2) is 36.4 Å². The van der Waals surface area contributed by atoms with Crippen molar-refractivity contribution in [3.63, 3.8) is 0 Å². The minimum atomic E-state index is -0.276. The van der Waals surface area contributed by atoms with Crippen LogP contribution in [0.5, 0.6) is 5.75 Å². The lowest BCUT2D eigenvalue weighted by molar-refractivity contribution is -0.0292. The van der Waals surface area contributed by atoms with Crippen molar-refractivity contribution < 1.29 is 14.3 Å². The second-order valence-electron chi connectivity index (χ2n) is 6.83. The molecule has 0 bridgehead atoms. The van der Waals surface area contributed by atoms with Gasteiger partial charge in [-0.2, -0.15) is 0 Å². The molecule has 1 atom stereocenters. The van der Waals surface area contributed by atoms with Gasteiger partial charge >= 0.3 is 0 Å². The molecule has 0 saturated carbocycles. The van der Waals surface area contributed by atoms with E-state index in [0.717, 1.165) is 23.7 Å². The zero-order valence-corrected chi connectivity index (χ0v) is 17.8. The summed E-state index contributed by atoms with van der Waals surface area (Å²) in [7, 11) is 0. The van der Waals surface area contributed by atoms with Gasteiger partial charge in [0.1, 0.15) is 5.75 Å². The number of hydrogen-bond donors (Lipinski definition) is 2. The smallest absolute Gasteiger partial charge is 0.255 e. The topological polar surface area (TPSA) is 76.8 Å². The number of carbonyl (C=O) groups excluding carboxylic acids is 1. The molecule has 0 aliphatic carbocycles. The molecule has 0 spiro atoms. The highest BCUT2D eigenvalue weighted by Crippen LogP contribution is 2.29. The predicted octanol–water partition coefficient (Wildman–Crippen LogP) is 3.61. The fourth-order valence-electron chi connectivity index (χ4n) is 3.24. The number of hydrogen-bond acceptors (Lipinski definition) is 5. The van der Waals surface area contributed by atoms with Gasteiger partial charge in [-0.1, -0.05) is 41.4 Å². The van der Waals surface area contributed by atoms with E-state index in [2.05, 4.69) is 10.2 Å². The van der Waals surface area contributed by atoms with Gasteiger partial charge < -0.3 is 20.5 Å². The van der Waals surface area contributed by atoms with Gasteiger partial charge in [-0.3, -0.25) is 9.69 Å². The summed E-state index contributed by atoms with van der Waals surface area (Å²) in [6.07, 6.45) is -0.116. The first-order chi connectivity index (χ1) is 14.0. The summed E-state index contributed by atoms with van der Waals surface area (Å²) in [5.41, 5.74) is 7.63. The molecule has 156 valence electrons. The summed E-state index contributed by atoms with van der Waals surface area (Å²) in [6.45, 7) is 5.51. The van der Waals surface area contributed by atoms with Crippen LogP contribution in [0.4, 0.5) is 5.69 Å². The minimum absolute atomic E-state index is 0.116. The third-order valence-electron chi connectivity index (χ3n) is 4.71. The summed E-state index contributed by atoms with van der Waals surface area (Å²) in [5.74, 6) is 0.138. The number of rotatable bonds is 7. The van der Waals surface area contributed by atoms with Gasteiger partial charge in [0, 0.05) is 37.3 Å². The monoisotopic (exact) mass is 437 g/mol. The molecule has 1 aliphatic rings. The molecule has 3 N–H and O–H groups in total. The molecular formula is C21H25Cl2N3O3. The number of benzene rings is 2. The number of carbonyl (C=O) groups is 1. The number of nitrogen functional groups attached to an aromatic ring is 1. The van der Waals surface area contributed by atoms with E-state index in [1.807, 2.05) is 31.2 Å². The van der Waals surface area contributed by atoms with Crippen LogP contribution in [-0.2, 0) is 11.3 Å². The Morgan fingerprint density at radius 3 is 2.86 bits per heavy atom. The van der Waals surface area contributed by atoms with Crippen LogP contribution in [0.2, 0.25) is 10.0 Å². The number of nitrogens with two attached hydrogens (primary N) is 1. The number of anilines is 1. The molecule has 2 aromatic rings. The van der Waals surface area contributed by atoms with E-state index in [9.17, 15) is 4.79 Å². The fraction of sp³-hybridized carbons (Fsp3) is 0.381. The Labute approximate surface area is 180 Å². The number of ether oxygens (including phenoxy) is 2. The van der Waals surface area contributed by atoms with Crippen LogP contribution in [0.3, 0.4) is 0 Å². The van der Waals surface area contributed by atoms with E-state index in [4.69, 9.17) is 38.4 Å². The molecule has 0 radical (unpaired) electrons. The van der Waals surface area contributed by atoms with Crippen LogP contribution in [0.25, 0.3) is 0 Å². The largest absolute Gasteiger partial charge is 0.493 e. The van der Waals surface area contributed by atoms with Crippen LogP contribution < -0.4 is 15.8 Å². The first kappa shape index (κ1) is 21.7. The number of nitrogens with zero attached hydrogens (tertiary/aromatic N) is 1. The lowest BCUT2D eigenvalue weighted by Gasteiger charge is -2.33. The zero-order valence-electron chi connectivity index (χ0n) is 16.3. The average Bonchev–Trinajstić information content (AvgIpc) is 2.71. The van der Waals surface area contributed by atoms with E-state index in [0.29, 0.717) is 48.3 Å². The predicted molar refractivity (Wildman–Crippen MR) is 116 cm³/mol. The maximum Gasteiger partial charge on any atom is 0.255 e. The molecule has 2 aromatic carbocycles. The fourth-order valence-corrected chi connectivity index (χ4v) is 3.60. The van der Waals surface area contributed by atoms with E-state index in [1.54, 1.807) is 6.07 Å².